The summed E-state index contributed by atoms with van der Waals surface area (Å²) in [5.74, 6) is 1.87. The maximum Gasteiger partial charge on any atom is 0.410 e. The normalized spacial score (nSPS) is 18.4. The van der Waals surface area contributed by atoms with Crippen LogP contribution in [0.5, 0.6) is 0 Å². The number of likely N-dealkylation sites (tertiary alicyclic amines) is 1. The van der Waals surface area contributed by atoms with Crippen LogP contribution in [-0.4, -0.2) is 50.4 Å². The Morgan fingerprint density at radius 1 is 0.841 bits per heavy atom. The van der Waals surface area contributed by atoms with Crippen molar-refractivity contribution < 1.29 is 14.3 Å². The highest BCUT2D eigenvalue weighted by Crippen LogP contribution is 2.43. The van der Waals surface area contributed by atoms with Gasteiger partial charge in [-0.2, -0.15) is 0 Å². The van der Waals surface area contributed by atoms with Gasteiger partial charge in [0.05, 0.1) is 5.69 Å². The van der Waals surface area contributed by atoms with E-state index in [1.165, 1.54) is 40.7 Å². The van der Waals surface area contributed by atoms with E-state index in [0.29, 0.717) is 23.6 Å². The van der Waals surface area contributed by atoms with Crippen LogP contribution in [0.4, 0.5) is 4.79 Å². The first-order valence-electron chi connectivity index (χ1n) is 15.5. The molecule has 0 spiro atoms. The standard InChI is InChI=1S/C36H41N5O3/c1-23-38-34(33(37)42)39-41(23)32-15-9-26(10-16-32)17-24-5-11-28(12-6-24)29-13-7-25(8-14-29)18-27-19-30-21-40(22-31(30)20-27)35(43)44-36(2,3)4/h5-16,27,30-31H,17-22H2,1-4H3,(H2,37,42)/t30-,31-/m1/s1. The molecule has 8 heteroatoms. The zero-order valence-corrected chi connectivity index (χ0v) is 26.0. The van der Waals surface area contributed by atoms with Gasteiger partial charge in [0, 0.05) is 13.1 Å². The molecule has 228 valence electrons. The van der Waals surface area contributed by atoms with Crippen LogP contribution in [0.3, 0.4) is 0 Å². The summed E-state index contributed by atoms with van der Waals surface area (Å²) in [7, 11) is 0. The van der Waals surface area contributed by atoms with Gasteiger partial charge < -0.3 is 15.4 Å². The maximum absolute atomic E-state index is 12.5. The number of ether oxygens (including phenoxy) is 1. The number of carbonyl (C=O) groups excluding carboxylic acids is 2. The van der Waals surface area contributed by atoms with Crippen molar-refractivity contribution >= 4 is 12.0 Å². The number of hydrogen-bond acceptors (Lipinski definition) is 5. The SMILES string of the molecule is Cc1nc(C(N)=O)nn1-c1ccc(Cc2ccc(-c3ccc(CC4C[C@@H]5CN(C(=O)OC(C)(C)C)C[C@H]5C4)cc3)cc2)cc1. The number of aryl methyl sites for hydroxylation is 1. The molecule has 3 aromatic carbocycles. The summed E-state index contributed by atoms with van der Waals surface area (Å²) >= 11 is 0. The minimum Gasteiger partial charge on any atom is -0.444 e. The fourth-order valence-electron chi connectivity index (χ4n) is 6.78. The molecule has 0 unspecified atom stereocenters. The number of benzene rings is 3. The van der Waals surface area contributed by atoms with E-state index in [2.05, 4.69) is 70.7 Å². The largest absolute Gasteiger partial charge is 0.444 e. The Balaban J connectivity index is 1.01. The molecular formula is C36H41N5O3. The van der Waals surface area contributed by atoms with E-state index in [9.17, 15) is 9.59 Å². The average molecular weight is 592 g/mol. The van der Waals surface area contributed by atoms with E-state index in [-0.39, 0.29) is 11.9 Å². The third-order valence-electron chi connectivity index (χ3n) is 8.84. The minimum absolute atomic E-state index is 0.0202. The molecule has 1 aliphatic heterocycles. The molecule has 2 fully saturated rings. The van der Waals surface area contributed by atoms with Crippen molar-refractivity contribution in [3.8, 4) is 16.8 Å². The Morgan fingerprint density at radius 3 is 1.86 bits per heavy atom. The number of amides is 2. The van der Waals surface area contributed by atoms with Crippen molar-refractivity contribution in [1.82, 2.24) is 19.7 Å². The Hall–Kier alpha value is -4.46. The topological polar surface area (TPSA) is 103 Å². The van der Waals surface area contributed by atoms with Crippen molar-refractivity contribution in [3.63, 3.8) is 0 Å². The Kier molecular flexibility index (Phi) is 8.01. The first kappa shape index (κ1) is 29.6. The Morgan fingerprint density at radius 2 is 1.36 bits per heavy atom. The highest BCUT2D eigenvalue weighted by molar-refractivity contribution is 5.88. The number of rotatable bonds is 7. The zero-order valence-electron chi connectivity index (χ0n) is 26.0. The van der Waals surface area contributed by atoms with E-state index >= 15 is 0 Å². The van der Waals surface area contributed by atoms with Gasteiger partial charge in [0.2, 0.25) is 5.82 Å². The van der Waals surface area contributed by atoms with Crippen LogP contribution in [0.2, 0.25) is 0 Å². The second-order valence-corrected chi connectivity index (χ2v) is 13.4. The molecule has 2 amide bonds. The van der Waals surface area contributed by atoms with Crippen LogP contribution >= 0.6 is 0 Å². The van der Waals surface area contributed by atoms with E-state index < -0.39 is 11.5 Å². The third-order valence-corrected chi connectivity index (χ3v) is 8.84. The minimum atomic E-state index is -0.635. The second-order valence-electron chi connectivity index (χ2n) is 13.4. The van der Waals surface area contributed by atoms with Gasteiger partial charge in [-0.1, -0.05) is 60.7 Å². The van der Waals surface area contributed by atoms with Crippen LogP contribution in [0.25, 0.3) is 16.8 Å². The summed E-state index contributed by atoms with van der Waals surface area (Å²) < 4.78 is 7.22. The zero-order chi connectivity index (χ0) is 31.0. The molecule has 4 aromatic rings. The summed E-state index contributed by atoms with van der Waals surface area (Å²) in [5, 5.41) is 4.21. The van der Waals surface area contributed by atoms with Gasteiger partial charge in [0.1, 0.15) is 11.4 Å². The number of nitrogens with two attached hydrogens (primary N) is 1. The van der Waals surface area contributed by atoms with E-state index in [0.717, 1.165) is 31.6 Å². The van der Waals surface area contributed by atoms with Gasteiger partial charge in [-0.3, -0.25) is 4.79 Å². The van der Waals surface area contributed by atoms with Crippen molar-refractivity contribution in [1.29, 1.82) is 0 Å². The van der Waals surface area contributed by atoms with E-state index in [1.54, 1.807) is 11.6 Å². The number of aromatic nitrogens is 3. The lowest BCUT2D eigenvalue weighted by Gasteiger charge is -2.25. The van der Waals surface area contributed by atoms with Crippen LogP contribution in [0.1, 0.15) is 66.7 Å². The maximum atomic E-state index is 12.5. The Labute approximate surface area is 259 Å². The fourth-order valence-corrected chi connectivity index (χ4v) is 6.78. The van der Waals surface area contributed by atoms with Crippen molar-refractivity contribution in [2.24, 2.45) is 23.5 Å². The molecule has 6 rings (SSSR count). The lowest BCUT2D eigenvalue weighted by Crippen LogP contribution is -2.36. The van der Waals surface area contributed by atoms with Gasteiger partial charge >= 0.3 is 6.09 Å². The first-order valence-corrected chi connectivity index (χ1v) is 15.5. The van der Waals surface area contributed by atoms with Crippen molar-refractivity contribution in [2.75, 3.05) is 13.1 Å². The van der Waals surface area contributed by atoms with Crippen LogP contribution in [0, 0.1) is 24.7 Å². The molecule has 44 heavy (non-hydrogen) atoms. The molecule has 0 radical (unpaired) electrons. The van der Waals surface area contributed by atoms with Gasteiger partial charge in [-0.05, 0) is 111 Å². The highest BCUT2D eigenvalue weighted by atomic mass is 16.6. The molecule has 2 N–H and O–H groups in total. The predicted octanol–water partition coefficient (Wildman–Crippen LogP) is 6.37. The smallest absolute Gasteiger partial charge is 0.410 e. The van der Waals surface area contributed by atoms with Crippen LogP contribution < -0.4 is 5.73 Å². The van der Waals surface area contributed by atoms with Gasteiger partial charge in [-0.15, -0.1) is 5.10 Å². The van der Waals surface area contributed by atoms with E-state index in [4.69, 9.17) is 10.5 Å². The molecule has 1 saturated heterocycles. The van der Waals surface area contributed by atoms with Crippen LogP contribution in [-0.2, 0) is 17.6 Å². The molecule has 8 nitrogen and oxygen atoms in total. The number of primary amides is 1. The monoisotopic (exact) mass is 591 g/mol. The average Bonchev–Trinajstić information content (AvgIpc) is 3.67. The van der Waals surface area contributed by atoms with Crippen molar-refractivity contribution in [3.05, 3.63) is 101 Å². The number of hydrogen-bond donors (Lipinski definition) is 1. The van der Waals surface area contributed by atoms with Gasteiger partial charge in [0.15, 0.2) is 0 Å². The van der Waals surface area contributed by atoms with E-state index in [1.807, 2.05) is 37.8 Å². The molecule has 1 aliphatic carbocycles. The molecule has 2 atom stereocenters. The lowest BCUT2D eigenvalue weighted by molar-refractivity contribution is 0.0277. The molecule has 1 saturated carbocycles. The predicted molar refractivity (Wildman–Crippen MR) is 171 cm³/mol. The molecular weight excluding hydrogens is 550 g/mol. The lowest BCUT2D eigenvalue weighted by atomic mass is 9.94. The molecule has 1 aromatic heterocycles. The van der Waals surface area contributed by atoms with Gasteiger partial charge in [-0.25, -0.2) is 14.5 Å². The number of fused-ring (bicyclic) bond motifs is 1. The molecule has 2 heterocycles. The number of nitrogens with zero attached hydrogens (tertiary/aromatic N) is 4. The summed E-state index contributed by atoms with van der Waals surface area (Å²) in [6, 6.07) is 25.9. The summed E-state index contributed by atoms with van der Waals surface area (Å²) in [4.78, 5) is 29.9. The highest BCUT2D eigenvalue weighted by Gasteiger charge is 2.43. The summed E-state index contributed by atoms with van der Waals surface area (Å²) in [6.45, 7) is 9.23. The summed E-state index contributed by atoms with van der Waals surface area (Å²) in [5.41, 5.74) is 12.0. The molecule has 0 bridgehead atoms. The number of carbonyl (C=O) groups is 2. The quantitative estimate of drug-likeness (QED) is 0.269. The third kappa shape index (κ3) is 6.69. The first-order chi connectivity index (χ1) is 21.0. The fraction of sp³-hybridized carbons (Fsp3) is 0.389. The van der Waals surface area contributed by atoms with Crippen LogP contribution in [0.15, 0.2) is 72.8 Å². The second kappa shape index (κ2) is 11.9. The van der Waals surface area contributed by atoms with Crippen molar-refractivity contribution in [2.45, 2.75) is 59.0 Å². The Bertz CT molecular complexity index is 1620. The summed E-state index contributed by atoms with van der Waals surface area (Å²) in [6.07, 6.45) is 4.13. The van der Waals surface area contributed by atoms with Gasteiger partial charge in [0.25, 0.3) is 5.91 Å². The molecule has 2 aliphatic rings.